The summed E-state index contributed by atoms with van der Waals surface area (Å²) >= 11 is 5.77. The van der Waals surface area contributed by atoms with Crippen molar-refractivity contribution in [2.75, 3.05) is 7.05 Å². The average molecular weight is 148 g/mol. The van der Waals surface area contributed by atoms with Crippen LogP contribution in [0.1, 0.15) is 6.92 Å². The highest BCUT2D eigenvalue weighted by molar-refractivity contribution is 6.20. The predicted octanol–water partition coefficient (Wildman–Crippen LogP) is 0.410. The van der Waals surface area contributed by atoms with Crippen molar-refractivity contribution in [3.63, 3.8) is 0 Å². The first-order valence-corrected chi connectivity index (χ1v) is 3.20. The van der Waals surface area contributed by atoms with Gasteiger partial charge in [0.15, 0.2) is 5.62 Å². The number of rotatable bonds is 0. The van der Waals surface area contributed by atoms with Gasteiger partial charge in [-0.1, -0.05) is 11.6 Å². The Kier molecular flexibility index (Phi) is 1.83. The van der Waals surface area contributed by atoms with E-state index in [1.807, 2.05) is 25.1 Å². The molecule has 0 radical (unpaired) electrons. The van der Waals surface area contributed by atoms with E-state index in [2.05, 4.69) is 10.9 Å². The summed E-state index contributed by atoms with van der Waals surface area (Å²) in [5, 5.41) is 0. The maximum atomic E-state index is 5.77. The van der Waals surface area contributed by atoms with Crippen LogP contribution in [-0.2, 0) is 0 Å². The molecule has 1 aliphatic rings. The number of halogens is 1. The molecular weight excluding hydrogens is 138 g/mol. The molecule has 1 atom stereocenters. The third kappa shape index (κ3) is 1.28. The monoisotopic (exact) mass is 147 g/mol. The molecule has 0 aromatic carbocycles. The normalized spacial score (nSPS) is 27.2. The fourth-order valence-electron chi connectivity index (χ4n) is 0.592. The average Bonchev–Trinajstić information content (AvgIpc) is 1.83. The Labute approximate surface area is 59.6 Å². The second-order valence-electron chi connectivity index (χ2n) is 2.02. The Morgan fingerprint density at radius 1 is 1.78 bits per heavy atom. The molecule has 0 aliphatic carbocycles. The van der Waals surface area contributed by atoms with Crippen LogP contribution in [0.25, 0.3) is 0 Å². The first kappa shape index (κ1) is 6.71. The molecule has 0 fully saturated rings. The van der Waals surface area contributed by atoms with E-state index >= 15 is 0 Å². The Balaban J connectivity index is 2.62. The summed E-state index contributed by atoms with van der Waals surface area (Å²) in [7, 11) is 1.93. The maximum Gasteiger partial charge on any atom is 0.173 e. The van der Waals surface area contributed by atoms with E-state index in [-0.39, 0.29) is 5.62 Å². The topological polar surface area (TPSA) is 27.3 Å². The van der Waals surface area contributed by atoms with Crippen molar-refractivity contribution in [2.45, 2.75) is 12.5 Å². The molecule has 4 heteroatoms. The van der Waals surface area contributed by atoms with E-state index in [0.717, 1.165) is 5.70 Å². The van der Waals surface area contributed by atoms with Crippen LogP contribution in [0.2, 0.25) is 0 Å². The highest BCUT2D eigenvalue weighted by Gasteiger charge is 2.13. The lowest BCUT2D eigenvalue weighted by Gasteiger charge is -2.30. The molecular formula is C5H10ClN3. The Morgan fingerprint density at radius 2 is 2.44 bits per heavy atom. The van der Waals surface area contributed by atoms with Gasteiger partial charge in [0.2, 0.25) is 0 Å². The lowest BCUT2D eigenvalue weighted by Crippen LogP contribution is -2.48. The Morgan fingerprint density at radius 3 is 2.89 bits per heavy atom. The molecule has 0 amide bonds. The first-order valence-electron chi connectivity index (χ1n) is 2.76. The second-order valence-corrected chi connectivity index (χ2v) is 2.43. The van der Waals surface area contributed by atoms with Gasteiger partial charge in [-0.05, 0) is 6.92 Å². The Hall–Kier alpha value is -0.410. The molecule has 0 aromatic rings. The quantitative estimate of drug-likeness (QED) is 0.384. The van der Waals surface area contributed by atoms with Gasteiger partial charge in [0.25, 0.3) is 0 Å². The minimum Gasteiger partial charge on any atom is -0.347 e. The third-order valence-electron chi connectivity index (χ3n) is 1.38. The van der Waals surface area contributed by atoms with Gasteiger partial charge in [-0.2, -0.15) is 0 Å². The van der Waals surface area contributed by atoms with Gasteiger partial charge in [0.05, 0.1) is 0 Å². The number of allylic oxidation sites excluding steroid dienone is 1. The zero-order chi connectivity index (χ0) is 6.85. The summed E-state index contributed by atoms with van der Waals surface area (Å²) in [6.07, 6.45) is 1.86. The fourth-order valence-corrected chi connectivity index (χ4v) is 0.809. The number of alkyl halides is 1. The maximum absolute atomic E-state index is 5.77. The zero-order valence-corrected chi connectivity index (χ0v) is 6.24. The molecule has 0 saturated heterocycles. The van der Waals surface area contributed by atoms with E-state index in [1.54, 1.807) is 0 Å². The summed E-state index contributed by atoms with van der Waals surface area (Å²) < 4.78 is 0. The Bertz CT molecular complexity index is 134. The van der Waals surface area contributed by atoms with Crippen LogP contribution in [0, 0.1) is 0 Å². The van der Waals surface area contributed by atoms with E-state index in [0.29, 0.717) is 0 Å². The van der Waals surface area contributed by atoms with Crippen molar-refractivity contribution in [1.82, 2.24) is 15.8 Å². The SMILES string of the molecule is CC1=CNNC(Cl)N1C. The molecule has 2 N–H and O–H groups in total. The number of hydrazine groups is 1. The van der Waals surface area contributed by atoms with Gasteiger partial charge >= 0.3 is 0 Å². The van der Waals surface area contributed by atoms with Crippen LogP contribution in [0.5, 0.6) is 0 Å². The van der Waals surface area contributed by atoms with Crippen LogP contribution >= 0.6 is 11.6 Å². The van der Waals surface area contributed by atoms with Crippen LogP contribution in [0.15, 0.2) is 11.9 Å². The molecule has 52 valence electrons. The molecule has 0 spiro atoms. The summed E-state index contributed by atoms with van der Waals surface area (Å²) in [6, 6.07) is 0. The van der Waals surface area contributed by atoms with E-state index in [9.17, 15) is 0 Å². The molecule has 1 rings (SSSR count). The lowest BCUT2D eigenvalue weighted by molar-refractivity contribution is 0.293. The highest BCUT2D eigenvalue weighted by Crippen LogP contribution is 2.08. The van der Waals surface area contributed by atoms with Crippen LogP contribution in [-0.4, -0.2) is 17.6 Å². The van der Waals surface area contributed by atoms with Crippen LogP contribution in [0.3, 0.4) is 0 Å². The largest absolute Gasteiger partial charge is 0.347 e. The minimum atomic E-state index is -0.144. The van der Waals surface area contributed by atoms with Crippen LogP contribution in [0.4, 0.5) is 0 Å². The molecule has 0 aromatic heterocycles. The first-order chi connectivity index (χ1) is 4.22. The molecule has 1 aliphatic heterocycles. The predicted molar refractivity (Wildman–Crippen MR) is 37.4 cm³/mol. The molecule has 9 heavy (non-hydrogen) atoms. The van der Waals surface area contributed by atoms with Crippen LogP contribution < -0.4 is 10.9 Å². The standard InChI is InChI=1S/C5H10ClN3/c1-4-3-7-8-5(6)9(4)2/h3,5,7-8H,1-2H3. The number of nitrogens with zero attached hydrogens (tertiary/aromatic N) is 1. The smallest absolute Gasteiger partial charge is 0.173 e. The minimum absolute atomic E-state index is 0.144. The number of hydrogen-bond donors (Lipinski definition) is 2. The fraction of sp³-hybridized carbons (Fsp3) is 0.600. The van der Waals surface area contributed by atoms with Crippen molar-refractivity contribution in [1.29, 1.82) is 0 Å². The molecule has 1 heterocycles. The highest BCUT2D eigenvalue weighted by atomic mass is 35.5. The summed E-state index contributed by atoms with van der Waals surface area (Å²) in [5.74, 6) is 0. The van der Waals surface area contributed by atoms with Crippen molar-refractivity contribution in [3.05, 3.63) is 11.9 Å². The van der Waals surface area contributed by atoms with E-state index in [1.165, 1.54) is 0 Å². The zero-order valence-electron chi connectivity index (χ0n) is 5.48. The van der Waals surface area contributed by atoms with Gasteiger partial charge in [0, 0.05) is 18.9 Å². The van der Waals surface area contributed by atoms with Gasteiger partial charge in [-0.25, -0.2) is 5.43 Å². The van der Waals surface area contributed by atoms with E-state index < -0.39 is 0 Å². The van der Waals surface area contributed by atoms with Gasteiger partial charge in [0.1, 0.15) is 0 Å². The summed E-state index contributed by atoms with van der Waals surface area (Å²) in [5.41, 5.74) is 6.63. The van der Waals surface area contributed by atoms with E-state index in [4.69, 9.17) is 11.6 Å². The summed E-state index contributed by atoms with van der Waals surface area (Å²) in [6.45, 7) is 1.99. The third-order valence-corrected chi connectivity index (χ3v) is 1.78. The van der Waals surface area contributed by atoms with Crippen molar-refractivity contribution >= 4 is 11.6 Å². The van der Waals surface area contributed by atoms with Gasteiger partial charge < -0.3 is 10.3 Å². The van der Waals surface area contributed by atoms with Gasteiger partial charge in [-0.3, -0.25) is 0 Å². The lowest BCUT2D eigenvalue weighted by atomic mass is 10.5. The van der Waals surface area contributed by atoms with Crippen molar-refractivity contribution in [2.24, 2.45) is 0 Å². The van der Waals surface area contributed by atoms with Gasteiger partial charge in [-0.15, -0.1) is 0 Å². The molecule has 0 bridgehead atoms. The molecule has 0 saturated carbocycles. The number of hydrogen-bond acceptors (Lipinski definition) is 3. The van der Waals surface area contributed by atoms with Crippen molar-refractivity contribution in [3.8, 4) is 0 Å². The molecule has 3 nitrogen and oxygen atoms in total. The molecule has 1 unspecified atom stereocenters. The summed E-state index contributed by atoms with van der Waals surface area (Å²) in [4.78, 5) is 1.93. The number of nitrogens with one attached hydrogen (secondary N) is 2. The second kappa shape index (κ2) is 2.45. The van der Waals surface area contributed by atoms with Crippen molar-refractivity contribution < 1.29 is 0 Å².